The van der Waals surface area contributed by atoms with Gasteiger partial charge in [0.15, 0.2) is 5.82 Å². The molecule has 0 atom stereocenters. The maximum absolute atomic E-state index is 5.50. The molecule has 0 amide bonds. The van der Waals surface area contributed by atoms with Crippen molar-refractivity contribution < 1.29 is 4.74 Å². The fraction of sp³-hybridized carbons (Fsp3) is 0.286. The molecule has 3 rings (SSSR count). The smallest absolute Gasteiger partial charge is 0.163 e. The number of anilines is 2. The quantitative estimate of drug-likeness (QED) is 0.572. The summed E-state index contributed by atoms with van der Waals surface area (Å²) in [5.41, 5.74) is 6.80. The molecule has 0 bridgehead atoms. The molecular formula is C14H18N6O. The van der Waals surface area contributed by atoms with Crippen LogP contribution >= 0.6 is 0 Å². The van der Waals surface area contributed by atoms with Crippen LogP contribution in [0.25, 0.3) is 11.4 Å². The summed E-state index contributed by atoms with van der Waals surface area (Å²) in [5.74, 6) is 7.40. The molecule has 1 aliphatic heterocycles. The third kappa shape index (κ3) is 3.46. The van der Waals surface area contributed by atoms with Gasteiger partial charge in [-0.2, -0.15) is 0 Å². The first-order valence-electron chi connectivity index (χ1n) is 6.85. The number of benzene rings is 1. The van der Waals surface area contributed by atoms with Crippen LogP contribution in [0.5, 0.6) is 0 Å². The molecule has 1 aromatic heterocycles. The summed E-state index contributed by atoms with van der Waals surface area (Å²) in [4.78, 5) is 8.93. The van der Waals surface area contributed by atoms with Crippen LogP contribution < -0.4 is 16.7 Å². The third-order valence-corrected chi connectivity index (χ3v) is 3.19. The second-order valence-electron chi connectivity index (χ2n) is 4.68. The Labute approximate surface area is 123 Å². The second kappa shape index (κ2) is 6.49. The van der Waals surface area contributed by atoms with Gasteiger partial charge in [-0.3, -0.25) is 0 Å². The minimum atomic E-state index is 0.569. The Kier molecular flexibility index (Phi) is 4.25. The van der Waals surface area contributed by atoms with Gasteiger partial charge in [-0.15, -0.1) is 0 Å². The predicted octanol–water partition coefficient (Wildman–Crippen LogP) is 1.09. The van der Waals surface area contributed by atoms with Crippen LogP contribution in [0.2, 0.25) is 0 Å². The van der Waals surface area contributed by atoms with E-state index in [4.69, 9.17) is 10.6 Å². The Morgan fingerprint density at radius 3 is 2.48 bits per heavy atom. The predicted molar refractivity (Wildman–Crippen MR) is 81.3 cm³/mol. The van der Waals surface area contributed by atoms with Crippen LogP contribution in [0.4, 0.5) is 11.6 Å². The summed E-state index contributed by atoms with van der Waals surface area (Å²) in [6.07, 6.45) is 0. The molecule has 110 valence electrons. The number of aromatic nitrogens is 2. The van der Waals surface area contributed by atoms with Crippen molar-refractivity contribution in [2.45, 2.75) is 0 Å². The molecule has 0 spiro atoms. The number of rotatable bonds is 4. The number of ether oxygens (including phenoxy) is 1. The normalized spacial score (nSPS) is 15.7. The molecule has 21 heavy (non-hydrogen) atoms. The fourth-order valence-corrected chi connectivity index (χ4v) is 2.13. The van der Waals surface area contributed by atoms with Crippen LogP contribution in [-0.4, -0.2) is 41.3 Å². The van der Waals surface area contributed by atoms with Gasteiger partial charge in [0.1, 0.15) is 11.6 Å². The maximum Gasteiger partial charge on any atom is 0.163 e. The molecule has 0 unspecified atom stereocenters. The summed E-state index contributed by atoms with van der Waals surface area (Å²) < 4.78 is 5.33. The van der Waals surface area contributed by atoms with E-state index in [2.05, 4.69) is 25.8 Å². The topological polar surface area (TPSA) is 88.3 Å². The van der Waals surface area contributed by atoms with Crippen LogP contribution in [-0.2, 0) is 4.74 Å². The standard InChI is InChI=1S/C14H18N6O/c15-18-12-10-13(19-20-6-8-21-9-7-20)17-14(16-12)11-4-2-1-3-5-11/h1-5,10H,6-9,15H2,(H2,16,17,18,19). The minimum Gasteiger partial charge on any atom is -0.379 e. The molecule has 7 nitrogen and oxygen atoms in total. The first-order chi connectivity index (χ1) is 10.3. The Bertz CT molecular complexity index is 585. The summed E-state index contributed by atoms with van der Waals surface area (Å²) in [5, 5.41) is 2.07. The summed E-state index contributed by atoms with van der Waals surface area (Å²) >= 11 is 0. The van der Waals surface area contributed by atoms with Crippen molar-refractivity contribution in [3.63, 3.8) is 0 Å². The van der Waals surface area contributed by atoms with Crippen molar-refractivity contribution in [2.75, 3.05) is 37.2 Å². The lowest BCUT2D eigenvalue weighted by Gasteiger charge is -2.27. The molecule has 4 N–H and O–H groups in total. The van der Waals surface area contributed by atoms with Crippen molar-refractivity contribution in [3.05, 3.63) is 36.4 Å². The lowest BCUT2D eigenvalue weighted by Crippen LogP contribution is -2.40. The molecule has 1 aliphatic rings. The van der Waals surface area contributed by atoms with Crippen molar-refractivity contribution in [3.8, 4) is 11.4 Å². The Hall–Kier alpha value is -2.22. The Balaban J connectivity index is 1.86. The zero-order valence-corrected chi connectivity index (χ0v) is 11.6. The van der Waals surface area contributed by atoms with Crippen molar-refractivity contribution in [1.29, 1.82) is 0 Å². The highest BCUT2D eigenvalue weighted by atomic mass is 16.5. The van der Waals surface area contributed by atoms with Crippen molar-refractivity contribution >= 4 is 11.6 Å². The van der Waals surface area contributed by atoms with E-state index in [0.717, 1.165) is 18.7 Å². The van der Waals surface area contributed by atoms with Gasteiger partial charge in [0.2, 0.25) is 0 Å². The molecule has 1 fully saturated rings. The lowest BCUT2D eigenvalue weighted by molar-refractivity contribution is 0.0495. The summed E-state index contributed by atoms with van der Waals surface area (Å²) in [6, 6.07) is 11.6. The summed E-state index contributed by atoms with van der Waals surface area (Å²) in [6.45, 7) is 3.06. The van der Waals surface area contributed by atoms with Gasteiger partial charge >= 0.3 is 0 Å². The second-order valence-corrected chi connectivity index (χ2v) is 4.68. The van der Waals surface area contributed by atoms with E-state index in [-0.39, 0.29) is 0 Å². The monoisotopic (exact) mass is 286 g/mol. The van der Waals surface area contributed by atoms with Gasteiger partial charge in [0.05, 0.1) is 13.2 Å². The van der Waals surface area contributed by atoms with E-state index in [1.54, 1.807) is 6.07 Å². The molecule has 1 saturated heterocycles. The SMILES string of the molecule is NNc1cc(NN2CCOCC2)nc(-c2ccccc2)n1. The van der Waals surface area contributed by atoms with E-state index in [9.17, 15) is 0 Å². The zero-order chi connectivity index (χ0) is 14.5. The van der Waals surface area contributed by atoms with Crippen LogP contribution in [0.15, 0.2) is 36.4 Å². The molecule has 2 aromatic rings. The first kappa shape index (κ1) is 13.7. The average molecular weight is 286 g/mol. The van der Waals surface area contributed by atoms with Crippen LogP contribution in [0.1, 0.15) is 0 Å². The molecule has 1 aromatic carbocycles. The maximum atomic E-state index is 5.50. The molecule has 2 heterocycles. The highest BCUT2D eigenvalue weighted by Gasteiger charge is 2.12. The Morgan fingerprint density at radius 2 is 1.76 bits per heavy atom. The number of hydrazine groups is 2. The van der Waals surface area contributed by atoms with Gasteiger partial charge in [0, 0.05) is 24.7 Å². The van der Waals surface area contributed by atoms with Crippen LogP contribution in [0, 0.1) is 0 Å². The number of morpholine rings is 1. The fourth-order valence-electron chi connectivity index (χ4n) is 2.13. The lowest BCUT2D eigenvalue weighted by atomic mass is 10.2. The number of nitrogens with one attached hydrogen (secondary N) is 2. The summed E-state index contributed by atoms with van der Waals surface area (Å²) in [7, 11) is 0. The van der Waals surface area contributed by atoms with Crippen LogP contribution in [0.3, 0.4) is 0 Å². The number of nitrogen functional groups attached to an aromatic ring is 1. The van der Waals surface area contributed by atoms with E-state index in [1.807, 2.05) is 30.3 Å². The van der Waals surface area contributed by atoms with E-state index < -0.39 is 0 Å². The van der Waals surface area contributed by atoms with Crippen molar-refractivity contribution in [1.82, 2.24) is 15.0 Å². The van der Waals surface area contributed by atoms with E-state index in [0.29, 0.717) is 30.7 Å². The van der Waals surface area contributed by atoms with Gasteiger partial charge in [-0.05, 0) is 0 Å². The van der Waals surface area contributed by atoms with Gasteiger partial charge in [0.25, 0.3) is 0 Å². The molecule has 0 aliphatic carbocycles. The molecule has 7 heteroatoms. The number of nitrogens with two attached hydrogens (primary N) is 1. The first-order valence-corrected chi connectivity index (χ1v) is 6.85. The molecule has 0 saturated carbocycles. The molecule has 0 radical (unpaired) electrons. The average Bonchev–Trinajstić information content (AvgIpc) is 2.56. The highest BCUT2D eigenvalue weighted by Crippen LogP contribution is 2.20. The van der Waals surface area contributed by atoms with Gasteiger partial charge in [-0.1, -0.05) is 30.3 Å². The highest BCUT2D eigenvalue weighted by molar-refractivity contribution is 5.60. The largest absolute Gasteiger partial charge is 0.379 e. The Morgan fingerprint density at radius 1 is 1.05 bits per heavy atom. The molecular weight excluding hydrogens is 268 g/mol. The van der Waals surface area contributed by atoms with E-state index in [1.165, 1.54) is 0 Å². The van der Waals surface area contributed by atoms with Gasteiger partial charge < -0.3 is 15.6 Å². The number of nitrogens with zero attached hydrogens (tertiary/aromatic N) is 3. The number of hydrogen-bond acceptors (Lipinski definition) is 7. The van der Waals surface area contributed by atoms with Gasteiger partial charge in [-0.25, -0.2) is 20.8 Å². The van der Waals surface area contributed by atoms with Crippen molar-refractivity contribution in [2.24, 2.45) is 5.84 Å². The third-order valence-electron chi connectivity index (χ3n) is 3.19. The zero-order valence-electron chi connectivity index (χ0n) is 11.6. The van der Waals surface area contributed by atoms with E-state index >= 15 is 0 Å². The minimum absolute atomic E-state index is 0.569. The number of hydrogen-bond donors (Lipinski definition) is 3.